The molecule has 2 amide bonds. The highest BCUT2D eigenvalue weighted by Crippen LogP contribution is 2.16. The van der Waals surface area contributed by atoms with Crippen LogP contribution in [0.1, 0.15) is 15.9 Å². The SMILES string of the molecule is O=C(Nc1ccn[nH]1)/C(=C\c1cccnc1Cl)NC(=O)c1ccccc1. The van der Waals surface area contributed by atoms with Crippen molar-refractivity contribution in [1.82, 2.24) is 20.5 Å². The molecule has 1 aromatic carbocycles. The van der Waals surface area contributed by atoms with Crippen molar-refractivity contribution in [2.24, 2.45) is 0 Å². The van der Waals surface area contributed by atoms with E-state index in [0.717, 1.165) is 0 Å². The summed E-state index contributed by atoms with van der Waals surface area (Å²) >= 11 is 6.05. The Kier molecular flexibility index (Phi) is 5.40. The van der Waals surface area contributed by atoms with Crippen LogP contribution < -0.4 is 10.6 Å². The van der Waals surface area contributed by atoms with Crippen LogP contribution in [0.4, 0.5) is 5.82 Å². The van der Waals surface area contributed by atoms with E-state index < -0.39 is 11.8 Å². The summed E-state index contributed by atoms with van der Waals surface area (Å²) in [4.78, 5) is 29.0. The van der Waals surface area contributed by atoms with E-state index in [1.165, 1.54) is 18.5 Å². The van der Waals surface area contributed by atoms with Gasteiger partial charge in [0.25, 0.3) is 11.8 Å². The Bertz CT molecular complexity index is 939. The number of rotatable bonds is 5. The maximum absolute atomic E-state index is 12.6. The summed E-state index contributed by atoms with van der Waals surface area (Å²) in [6.07, 6.45) is 4.49. The molecule has 0 radical (unpaired) electrons. The molecule has 0 aliphatic heterocycles. The van der Waals surface area contributed by atoms with Crippen LogP contribution in [0, 0.1) is 0 Å². The Morgan fingerprint density at radius 1 is 1.04 bits per heavy atom. The Labute approximate surface area is 154 Å². The maximum Gasteiger partial charge on any atom is 0.273 e. The fourth-order valence-electron chi connectivity index (χ4n) is 2.12. The molecule has 3 N–H and O–H groups in total. The summed E-state index contributed by atoms with van der Waals surface area (Å²) in [5.74, 6) is -0.554. The molecular weight excluding hydrogens is 354 g/mol. The lowest BCUT2D eigenvalue weighted by Crippen LogP contribution is -2.30. The van der Waals surface area contributed by atoms with Crippen LogP contribution in [-0.2, 0) is 4.79 Å². The van der Waals surface area contributed by atoms with Gasteiger partial charge in [-0.15, -0.1) is 0 Å². The van der Waals surface area contributed by atoms with E-state index in [1.54, 1.807) is 48.5 Å². The summed E-state index contributed by atoms with van der Waals surface area (Å²) in [5.41, 5.74) is 0.936. The topological polar surface area (TPSA) is 99.8 Å². The van der Waals surface area contributed by atoms with Crippen molar-refractivity contribution in [3.05, 3.63) is 82.9 Å². The molecule has 0 aliphatic rings. The lowest BCUT2D eigenvalue weighted by atomic mass is 10.2. The molecule has 0 fully saturated rings. The molecule has 8 heteroatoms. The van der Waals surface area contributed by atoms with Gasteiger partial charge in [-0.3, -0.25) is 14.7 Å². The normalized spacial score (nSPS) is 11.0. The number of nitrogens with one attached hydrogen (secondary N) is 3. The number of benzene rings is 1. The van der Waals surface area contributed by atoms with E-state index in [2.05, 4.69) is 25.8 Å². The molecule has 2 aromatic heterocycles. The fourth-order valence-corrected chi connectivity index (χ4v) is 2.29. The first-order chi connectivity index (χ1) is 12.6. The average Bonchev–Trinajstić information content (AvgIpc) is 3.16. The average molecular weight is 368 g/mol. The second kappa shape index (κ2) is 8.09. The van der Waals surface area contributed by atoms with Crippen molar-refractivity contribution >= 4 is 35.3 Å². The number of anilines is 1. The zero-order valence-corrected chi connectivity index (χ0v) is 14.2. The van der Waals surface area contributed by atoms with Gasteiger partial charge in [-0.05, 0) is 24.3 Å². The molecular formula is C18H14ClN5O2. The second-order valence-corrected chi connectivity index (χ2v) is 5.54. The number of hydrogen-bond acceptors (Lipinski definition) is 4. The number of carbonyl (C=O) groups is 2. The van der Waals surface area contributed by atoms with Crippen LogP contribution in [0.5, 0.6) is 0 Å². The molecule has 0 spiro atoms. The fraction of sp³-hybridized carbons (Fsp3) is 0. The Morgan fingerprint density at radius 3 is 2.54 bits per heavy atom. The van der Waals surface area contributed by atoms with Crippen molar-refractivity contribution in [1.29, 1.82) is 0 Å². The van der Waals surface area contributed by atoms with Gasteiger partial charge in [-0.25, -0.2) is 4.98 Å². The molecule has 0 atom stereocenters. The molecule has 26 heavy (non-hydrogen) atoms. The summed E-state index contributed by atoms with van der Waals surface area (Å²) < 4.78 is 0. The molecule has 0 saturated carbocycles. The van der Waals surface area contributed by atoms with Gasteiger partial charge in [-0.1, -0.05) is 35.9 Å². The first-order valence-corrected chi connectivity index (χ1v) is 8.00. The molecule has 0 bridgehead atoms. The monoisotopic (exact) mass is 367 g/mol. The van der Waals surface area contributed by atoms with Crippen molar-refractivity contribution in [2.75, 3.05) is 5.32 Å². The minimum Gasteiger partial charge on any atom is -0.317 e. The molecule has 3 aromatic rings. The number of aromatic nitrogens is 3. The van der Waals surface area contributed by atoms with Crippen LogP contribution in [0.15, 0.2) is 66.6 Å². The van der Waals surface area contributed by atoms with Crippen LogP contribution in [0.2, 0.25) is 5.15 Å². The molecule has 3 rings (SSSR count). The first-order valence-electron chi connectivity index (χ1n) is 7.63. The number of H-pyrrole nitrogens is 1. The van der Waals surface area contributed by atoms with Gasteiger partial charge in [0.2, 0.25) is 0 Å². The molecule has 0 saturated heterocycles. The van der Waals surface area contributed by atoms with E-state index in [1.807, 2.05) is 0 Å². The molecule has 7 nitrogen and oxygen atoms in total. The van der Waals surface area contributed by atoms with Gasteiger partial charge in [-0.2, -0.15) is 5.10 Å². The number of pyridine rings is 1. The van der Waals surface area contributed by atoms with Crippen molar-refractivity contribution in [2.45, 2.75) is 0 Å². The Hall–Kier alpha value is -3.45. The van der Waals surface area contributed by atoms with Gasteiger partial charge < -0.3 is 10.6 Å². The summed E-state index contributed by atoms with van der Waals surface area (Å²) in [6.45, 7) is 0. The van der Waals surface area contributed by atoms with Crippen LogP contribution in [0.3, 0.4) is 0 Å². The van der Waals surface area contributed by atoms with Crippen molar-refractivity contribution in [3.8, 4) is 0 Å². The molecule has 130 valence electrons. The van der Waals surface area contributed by atoms with E-state index in [4.69, 9.17) is 11.6 Å². The van der Waals surface area contributed by atoms with E-state index in [9.17, 15) is 9.59 Å². The van der Waals surface area contributed by atoms with Crippen LogP contribution in [0.25, 0.3) is 6.08 Å². The third kappa shape index (κ3) is 4.34. The second-order valence-electron chi connectivity index (χ2n) is 5.19. The van der Waals surface area contributed by atoms with E-state index in [-0.39, 0.29) is 10.9 Å². The number of hydrogen-bond donors (Lipinski definition) is 3. The quantitative estimate of drug-likeness (QED) is 0.477. The Morgan fingerprint density at radius 2 is 1.85 bits per heavy atom. The highest BCUT2D eigenvalue weighted by molar-refractivity contribution is 6.31. The van der Waals surface area contributed by atoms with Gasteiger partial charge in [0.1, 0.15) is 16.7 Å². The maximum atomic E-state index is 12.6. The zero-order valence-electron chi connectivity index (χ0n) is 13.4. The first kappa shape index (κ1) is 17.4. The highest BCUT2D eigenvalue weighted by atomic mass is 35.5. The molecule has 0 aliphatic carbocycles. The third-order valence-corrected chi connectivity index (χ3v) is 3.68. The van der Waals surface area contributed by atoms with Crippen molar-refractivity contribution < 1.29 is 9.59 Å². The summed E-state index contributed by atoms with van der Waals surface area (Å²) in [5, 5.41) is 11.8. The highest BCUT2D eigenvalue weighted by Gasteiger charge is 2.16. The van der Waals surface area contributed by atoms with E-state index in [0.29, 0.717) is 16.9 Å². The van der Waals surface area contributed by atoms with Gasteiger partial charge in [0.15, 0.2) is 0 Å². The molecule has 0 unspecified atom stereocenters. The lowest BCUT2D eigenvalue weighted by Gasteiger charge is -2.10. The Balaban J connectivity index is 1.89. The number of aromatic amines is 1. The third-order valence-electron chi connectivity index (χ3n) is 3.37. The summed E-state index contributed by atoms with van der Waals surface area (Å²) in [6, 6.07) is 13.5. The predicted molar refractivity (Wildman–Crippen MR) is 98.3 cm³/mol. The standard InChI is InChI=1S/C18H14ClN5O2/c19-16-13(7-4-9-20-16)11-14(18(26)23-15-8-10-21-24-15)22-17(25)12-5-2-1-3-6-12/h1-11H,(H,22,25)(H2,21,23,24,26)/b14-11+. The smallest absolute Gasteiger partial charge is 0.273 e. The van der Waals surface area contributed by atoms with Crippen LogP contribution >= 0.6 is 11.6 Å². The van der Waals surface area contributed by atoms with Gasteiger partial charge in [0, 0.05) is 23.4 Å². The number of amides is 2. The minimum atomic E-state index is -0.529. The predicted octanol–water partition coefficient (Wildman–Crippen LogP) is 2.87. The molecule has 2 heterocycles. The minimum absolute atomic E-state index is 0.0170. The largest absolute Gasteiger partial charge is 0.317 e. The summed E-state index contributed by atoms with van der Waals surface area (Å²) in [7, 11) is 0. The van der Waals surface area contributed by atoms with Gasteiger partial charge >= 0.3 is 0 Å². The van der Waals surface area contributed by atoms with Crippen LogP contribution in [-0.4, -0.2) is 27.0 Å². The van der Waals surface area contributed by atoms with Crippen molar-refractivity contribution in [3.63, 3.8) is 0 Å². The van der Waals surface area contributed by atoms with Gasteiger partial charge in [0.05, 0.1) is 6.20 Å². The van der Waals surface area contributed by atoms with E-state index >= 15 is 0 Å². The number of carbonyl (C=O) groups excluding carboxylic acids is 2. The number of halogens is 1. The number of nitrogens with zero attached hydrogens (tertiary/aromatic N) is 2. The zero-order chi connectivity index (χ0) is 18.4. The lowest BCUT2D eigenvalue weighted by molar-refractivity contribution is -0.113.